The van der Waals surface area contributed by atoms with Gasteiger partial charge in [0.1, 0.15) is 0 Å². The van der Waals surface area contributed by atoms with Crippen LogP contribution >= 0.6 is 11.8 Å². The number of hydrogen-bond acceptors (Lipinski definition) is 6. The summed E-state index contributed by atoms with van der Waals surface area (Å²) >= 11 is 1.26. The highest BCUT2D eigenvalue weighted by molar-refractivity contribution is 7.99. The van der Waals surface area contributed by atoms with Crippen LogP contribution in [0.1, 0.15) is 23.2 Å². The number of hydrogen-bond donors (Lipinski definition) is 2. The van der Waals surface area contributed by atoms with Crippen molar-refractivity contribution in [3.05, 3.63) is 78.6 Å². The van der Waals surface area contributed by atoms with Crippen molar-refractivity contribution in [1.82, 2.24) is 20.1 Å². The SMILES string of the molecule is O=C(CSc1nnc(-c2ccco2)n1-c1ccccc1)Nc1ccccc1C(=O)NC1CC1. The Morgan fingerprint density at radius 1 is 1.00 bits per heavy atom. The average Bonchev–Trinajstić information content (AvgIpc) is 3.31. The van der Waals surface area contributed by atoms with Crippen molar-refractivity contribution in [2.45, 2.75) is 24.0 Å². The molecule has 8 nitrogen and oxygen atoms in total. The van der Waals surface area contributed by atoms with E-state index in [1.807, 2.05) is 41.0 Å². The Balaban J connectivity index is 1.32. The van der Waals surface area contributed by atoms with Gasteiger partial charge in [-0.2, -0.15) is 0 Å². The smallest absolute Gasteiger partial charge is 0.253 e. The molecule has 0 bridgehead atoms. The van der Waals surface area contributed by atoms with Crippen molar-refractivity contribution in [3.8, 4) is 17.3 Å². The van der Waals surface area contributed by atoms with E-state index in [0.29, 0.717) is 28.0 Å². The van der Waals surface area contributed by atoms with E-state index < -0.39 is 0 Å². The third kappa shape index (κ3) is 4.83. The molecule has 2 heterocycles. The Labute approximate surface area is 194 Å². The van der Waals surface area contributed by atoms with Crippen LogP contribution in [0, 0.1) is 0 Å². The first-order chi connectivity index (χ1) is 16.2. The maximum atomic E-state index is 12.7. The number of furan rings is 1. The Bertz CT molecular complexity index is 1270. The number of thioether (sulfide) groups is 1. The predicted octanol–water partition coefficient (Wildman–Crippen LogP) is 4.15. The minimum absolute atomic E-state index is 0.0989. The van der Waals surface area contributed by atoms with Crippen LogP contribution in [-0.2, 0) is 4.79 Å². The number of amides is 2. The number of benzene rings is 2. The highest BCUT2D eigenvalue weighted by Crippen LogP contribution is 2.28. The van der Waals surface area contributed by atoms with Crippen LogP contribution in [0.3, 0.4) is 0 Å². The molecule has 0 radical (unpaired) electrons. The van der Waals surface area contributed by atoms with Gasteiger partial charge in [-0.15, -0.1) is 10.2 Å². The first-order valence-electron chi connectivity index (χ1n) is 10.6. The first kappa shape index (κ1) is 21.0. The van der Waals surface area contributed by atoms with Gasteiger partial charge in [-0.1, -0.05) is 42.1 Å². The van der Waals surface area contributed by atoms with Gasteiger partial charge in [0.25, 0.3) is 5.91 Å². The summed E-state index contributed by atoms with van der Waals surface area (Å²) in [6, 6.07) is 20.5. The normalized spacial score (nSPS) is 13.0. The minimum atomic E-state index is -0.242. The summed E-state index contributed by atoms with van der Waals surface area (Å²) in [4.78, 5) is 25.2. The second-order valence-corrected chi connectivity index (χ2v) is 8.53. The van der Waals surface area contributed by atoms with Gasteiger partial charge < -0.3 is 15.1 Å². The molecule has 2 aromatic heterocycles. The summed E-state index contributed by atoms with van der Waals surface area (Å²) in [7, 11) is 0. The van der Waals surface area contributed by atoms with Gasteiger partial charge in [0, 0.05) is 11.7 Å². The molecule has 0 aliphatic heterocycles. The quantitative estimate of drug-likeness (QED) is 0.384. The Hall–Kier alpha value is -3.85. The predicted molar refractivity (Wildman–Crippen MR) is 125 cm³/mol. The van der Waals surface area contributed by atoms with Crippen molar-refractivity contribution >= 4 is 29.3 Å². The molecule has 1 fully saturated rings. The summed E-state index contributed by atoms with van der Waals surface area (Å²) in [6.45, 7) is 0. The van der Waals surface area contributed by atoms with Crippen LogP contribution in [0.4, 0.5) is 5.69 Å². The molecule has 1 aliphatic rings. The molecule has 1 saturated carbocycles. The van der Waals surface area contributed by atoms with Crippen molar-refractivity contribution in [3.63, 3.8) is 0 Å². The zero-order chi connectivity index (χ0) is 22.6. The molecule has 0 unspecified atom stereocenters. The van der Waals surface area contributed by atoms with E-state index in [9.17, 15) is 9.59 Å². The summed E-state index contributed by atoms with van der Waals surface area (Å²) in [5, 5.41) is 14.9. The van der Waals surface area contributed by atoms with E-state index in [4.69, 9.17) is 4.42 Å². The van der Waals surface area contributed by atoms with Gasteiger partial charge in [0.05, 0.1) is 23.3 Å². The summed E-state index contributed by atoms with van der Waals surface area (Å²) in [5.74, 6) is 0.818. The van der Waals surface area contributed by atoms with E-state index >= 15 is 0 Å². The molecular weight excluding hydrogens is 438 g/mol. The minimum Gasteiger partial charge on any atom is -0.461 e. The maximum Gasteiger partial charge on any atom is 0.253 e. The van der Waals surface area contributed by atoms with Crippen molar-refractivity contribution in [2.75, 3.05) is 11.1 Å². The lowest BCUT2D eigenvalue weighted by atomic mass is 10.1. The van der Waals surface area contributed by atoms with E-state index in [-0.39, 0.29) is 23.6 Å². The lowest BCUT2D eigenvalue weighted by Gasteiger charge is -2.11. The average molecular weight is 460 g/mol. The number of nitrogens with zero attached hydrogens (tertiary/aromatic N) is 3. The van der Waals surface area contributed by atoms with Crippen molar-refractivity contribution in [2.24, 2.45) is 0 Å². The molecule has 4 aromatic rings. The molecule has 0 saturated heterocycles. The van der Waals surface area contributed by atoms with E-state index in [2.05, 4.69) is 20.8 Å². The Morgan fingerprint density at radius 2 is 1.79 bits per heavy atom. The molecule has 0 atom stereocenters. The van der Waals surface area contributed by atoms with Gasteiger partial charge in [-0.3, -0.25) is 14.2 Å². The molecule has 0 spiro atoms. The molecule has 5 rings (SSSR count). The van der Waals surface area contributed by atoms with Crippen LogP contribution in [0.2, 0.25) is 0 Å². The lowest BCUT2D eigenvalue weighted by Crippen LogP contribution is -2.27. The number of carbonyl (C=O) groups is 2. The monoisotopic (exact) mass is 459 g/mol. The fourth-order valence-corrected chi connectivity index (χ4v) is 4.09. The Kier molecular flexibility index (Phi) is 5.95. The molecule has 9 heteroatoms. The third-order valence-corrected chi connectivity index (χ3v) is 6.01. The number of anilines is 1. The van der Waals surface area contributed by atoms with Gasteiger partial charge in [0.15, 0.2) is 10.9 Å². The van der Waals surface area contributed by atoms with Crippen LogP contribution in [0.15, 0.2) is 82.6 Å². The molecular formula is C24H21N5O3S. The standard InChI is InChI=1S/C24H21N5O3S/c30-21(26-19-10-5-4-9-18(19)23(31)25-16-12-13-16)15-33-24-28-27-22(20-11-6-14-32-20)29(24)17-7-2-1-3-8-17/h1-11,14,16H,12-13,15H2,(H,25,31)(H,26,30). The van der Waals surface area contributed by atoms with Crippen LogP contribution < -0.4 is 10.6 Å². The molecule has 33 heavy (non-hydrogen) atoms. The fraction of sp³-hybridized carbons (Fsp3) is 0.167. The molecule has 1 aliphatic carbocycles. The van der Waals surface area contributed by atoms with E-state index in [0.717, 1.165) is 18.5 Å². The summed E-state index contributed by atoms with van der Waals surface area (Å²) < 4.78 is 7.37. The lowest BCUT2D eigenvalue weighted by molar-refractivity contribution is -0.113. The zero-order valence-electron chi connectivity index (χ0n) is 17.6. The molecule has 2 N–H and O–H groups in total. The zero-order valence-corrected chi connectivity index (χ0v) is 18.4. The Morgan fingerprint density at radius 3 is 2.55 bits per heavy atom. The number of aromatic nitrogens is 3. The topological polar surface area (TPSA) is 102 Å². The van der Waals surface area contributed by atoms with Crippen molar-refractivity contribution in [1.29, 1.82) is 0 Å². The van der Waals surface area contributed by atoms with E-state index in [1.165, 1.54) is 11.8 Å². The fourth-order valence-electron chi connectivity index (χ4n) is 3.34. The van der Waals surface area contributed by atoms with Crippen LogP contribution in [-0.4, -0.2) is 38.4 Å². The summed E-state index contributed by atoms with van der Waals surface area (Å²) in [5.41, 5.74) is 1.80. The maximum absolute atomic E-state index is 12.7. The largest absolute Gasteiger partial charge is 0.461 e. The number of rotatable bonds is 8. The molecule has 2 aromatic carbocycles. The van der Waals surface area contributed by atoms with Gasteiger partial charge in [-0.05, 0) is 49.2 Å². The van der Waals surface area contributed by atoms with Crippen LogP contribution in [0.5, 0.6) is 0 Å². The second kappa shape index (κ2) is 9.33. The molecule has 166 valence electrons. The van der Waals surface area contributed by atoms with Gasteiger partial charge in [-0.25, -0.2) is 0 Å². The molecule has 2 amide bonds. The van der Waals surface area contributed by atoms with E-state index in [1.54, 1.807) is 36.6 Å². The number of nitrogens with one attached hydrogen (secondary N) is 2. The van der Waals surface area contributed by atoms with Gasteiger partial charge in [0.2, 0.25) is 11.7 Å². The third-order valence-electron chi connectivity index (χ3n) is 5.08. The second-order valence-electron chi connectivity index (χ2n) is 7.58. The first-order valence-corrected chi connectivity index (χ1v) is 11.5. The van der Waals surface area contributed by atoms with Crippen LogP contribution in [0.25, 0.3) is 17.3 Å². The highest BCUT2D eigenvalue weighted by atomic mass is 32.2. The summed E-state index contributed by atoms with van der Waals surface area (Å²) in [6.07, 6.45) is 3.58. The van der Waals surface area contributed by atoms with Gasteiger partial charge >= 0.3 is 0 Å². The highest BCUT2D eigenvalue weighted by Gasteiger charge is 2.25. The van der Waals surface area contributed by atoms with Crippen molar-refractivity contribution < 1.29 is 14.0 Å². The number of carbonyl (C=O) groups excluding carboxylic acids is 2. The number of para-hydroxylation sites is 2.